The summed E-state index contributed by atoms with van der Waals surface area (Å²) < 4.78 is 0.772. The normalized spacial score (nSPS) is 9.27. The molecular weight excluding hydrogens is 222 g/mol. The molecule has 1 aromatic carbocycles. The fourth-order valence-electron chi connectivity index (χ4n) is 0.831. The van der Waals surface area contributed by atoms with Gasteiger partial charge in [0.05, 0.1) is 5.56 Å². The van der Waals surface area contributed by atoms with Crippen LogP contribution in [0.15, 0.2) is 21.5 Å². The fourth-order valence-corrected chi connectivity index (χ4v) is 1.47. The smallest absolute Gasteiger partial charge is 0.100 e. The van der Waals surface area contributed by atoms with E-state index < -0.39 is 0 Å². The van der Waals surface area contributed by atoms with E-state index in [1.54, 1.807) is 0 Å². The van der Waals surface area contributed by atoms with Crippen LogP contribution in [0.25, 0.3) is 0 Å². The lowest BCUT2D eigenvalue weighted by atomic mass is 10.2. The maximum atomic E-state index is 8.65. The van der Waals surface area contributed by atoms with Gasteiger partial charge in [0.1, 0.15) is 6.07 Å². The van der Waals surface area contributed by atoms with Crippen LogP contribution in [-0.4, -0.2) is 0 Å². The van der Waals surface area contributed by atoms with Gasteiger partial charge in [-0.15, -0.1) is 12.6 Å². The Morgan fingerprint density at radius 2 is 2.18 bits per heavy atom. The van der Waals surface area contributed by atoms with Gasteiger partial charge in [-0.2, -0.15) is 5.26 Å². The molecule has 1 rings (SSSR count). The first-order chi connectivity index (χ1) is 5.15. The molecule has 11 heavy (non-hydrogen) atoms. The predicted molar refractivity (Wildman–Crippen MR) is 50.8 cm³/mol. The third kappa shape index (κ3) is 1.76. The van der Waals surface area contributed by atoms with Gasteiger partial charge in [-0.25, -0.2) is 0 Å². The van der Waals surface area contributed by atoms with Crippen LogP contribution in [0.4, 0.5) is 0 Å². The van der Waals surface area contributed by atoms with Gasteiger partial charge in [0.25, 0.3) is 0 Å². The molecule has 0 fully saturated rings. The third-order valence-electron chi connectivity index (χ3n) is 1.32. The van der Waals surface area contributed by atoms with Gasteiger partial charge in [-0.3, -0.25) is 0 Å². The van der Waals surface area contributed by atoms with Crippen LogP contribution in [-0.2, 0) is 0 Å². The third-order valence-corrected chi connectivity index (χ3v) is 2.83. The Bertz CT molecular complexity index is 328. The maximum Gasteiger partial charge on any atom is 0.100 e. The minimum absolute atomic E-state index is 0.634. The van der Waals surface area contributed by atoms with E-state index in [1.165, 1.54) is 0 Å². The van der Waals surface area contributed by atoms with Gasteiger partial charge >= 0.3 is 0 Å². The molecular formula is C8H6BrNS. The summed E-state index contributed by atoms with van der Waals surface area (Å²) in [6, 6.07) is 5.82. The first kappa shape index (κ1) is 8.63. The average Bonchev–Trinajstić information content (AvgIpc) is 1.96. The summed E-state index contributed by atoms with van der Waals surface area (Å²) in [6.45, 7) is 1.94. The van der Waals surface area contributed by atoms with E-state index in [9.17, 15) is 0 Å². The van der Waals surface area contributed by atoms with E-state index in [2.05, 4.69) is 34.6 Å². The molecule has 1 nitrogen and oxygen atoms in total. The van der Waals surface area contributed by atoms with Gasteiger partial charge in [0.2, 0.25) is 0 Å². The average molecular weight is 228 g/mol. The van der Waals surface area contributed by atoms with Crippen molar-refractivity contribution >= 4 is 28.6 Å². The van der Waals surface area contributed by atoms with Gasteiger partial charge in [0.15, 0.2) is 0 Å². The number of aryl methyl sites for hydroxylation is 1. The largest absolute Gasteiger partial charge is 0.192 e. The highest BCUT2D eigenvalue weighted by molar-refractivity contribution is 9.10. The van der Waals surface area contributed by atoms with E-state index in [-0.39, 0.29) is 0 Å². The molecule has 0 aliphatic rings. The molecule has 0 heterocycles. The molecule has 0 aliphatic heterocycles. The molecule has 0 amide bonds. The highest BCUT2D eigenvalue weighted by Crippen LogP contribution is 2.25. The van der Waals surface area contributed by atoms with Crippen molar-refractivity contribution in [3.63, 3.8) is 0 Å². The predicted octanol–water partition coefficient (Wildman–Crippen LogP) is 2.92. The number of thiol groups is 1. The summed E-state index contributed by atoms with van der Waals surface area (Å²) in [4.78, 5) is 0.807. The van der Waals surface area contributed by atoms with Gasteiger partial charge in [0, 0.05) is 9.37 Å². The van der Waals surface area contributed by atoms with E-state index in [1.807, 2.05) is 19.1 Å². The van der Waals surface area contributed by atoms with Crippen LogP contribution in [0.1, 0.15) is 11.1 Å². The number of nitrogens with zero attached hydrogens (tertiary/aromatic N) is 1. The highest BCUT2D eigenvalue weighted by atomic mass is 79.9. The number of halogens is 1. The van der Waals surface area contributed by atoms with Gasteiger partial charge < -0.3 is 0 Å². The molecule has 0 saturated carbocycles. The van der Waals surface area contributed by atoms with Gasteiger partial charge in [-0.05, 0) is 40.5 Å². The monoisotopic (exact) mass is 227 g/mol. The van der Waals surface area contributed by atoms with Crippen LogP contribution in [0, 0.1) is 18.3 Å². The van der Waals surface area contributed by atoms with Crippen molar-refractivity contribution in [2.45, 2.75) is 11.8 Å². The Kier molecular flexibility index (Phi) is 2.58. The lowest BCUT2D eigenvalue weighted by Gasteiger charge is -2.00. The standard InChI is InChI=1S/C8H6BrNS/c1-5-2-6(4-10)8(9)7(11)3-5/h2-3,11H,1H3. The Hall–Kier alpha value is -0.460. The minimum atomic E-state index is 0.634. The molecule has 0 aliphatic carbocycles. The van der Waals surface area contributed by atoms with E-state index in [0.29, 0.717) is 5.56 Å². The van der Waals surface area contributed by atoms with Crippen LogP contribution in [0.2, 0.25) is 0 Å². The zero-order valence-corrected chi connectivity index (χ0v) is 8.41. The van der Waals surface area contributed by atoms with Crippen molar-refractivity contribution in [2.24, 2.45) is 0 Å². The quantitative estimate of drug-likeness (QED) is 0.678. The Balaban J connectivity index is 3.39. The van der Waals surface area contributed by atoms with Crippen molar-refractivity contribution in [2.75, 3.05) is 0 Å². The number of benzene rings is 1. The van der Waals surface area contributed by atoms with E-state index >= 15 is 0 Å². The summed E-state index contributed by atoms with van der Waals surface area (Å²) in [5.41, 5.74) is 1.68. The van der Waals surface area contributed by atoms with Crippen molar-refractivity contribution in [3.8, 4) is 6.07 Å². The number of rotatable bonds is 0. The van der Waals surface area contributed by atoms with Crippen molar-refractivity contribution in [1.29, 1.82) is 5.26 Å². The molecule has 0 N–H and O–H groups in total. The molecule has 0 atom stereocenters. The zero-order chi connectivity index (χ0) is 8.43. The summed E-state index contributed by atoms with van der Waals surface area (Å²) in [5, 5.41) is 8.65. The van der Waals surface area contributed by atoms with Crippen LogP contribution < -0.4 is 0 Å². The molecule has 56 valence electrons. The van der Waals surface area contributed by atoms with Crippen molar-refractivity contribution < 1.29 is 0 Å². The molecule has 0 saturated heterocycles. The van der Waals surface area contributed by atoms with Crippen molar-refractivity contribution in [3.05, 3.63) is 27.7 Å². The molecule has 1 aromatic rings. The molecule has 0 spiro atoms. The zero-order valence-electron chi connectivity index (χ0n) is 5.93. The summed E-state index contributed by atoms with van der Waals surface area (Å²) in [6.07, 6.45) is 0. The van der Waals surface area contributed by atoms with Crippen LogP contribution in [0.5, 0.6) is 0 Å². The number of hydrogen-bond donors (Lipinski definition) is 1. The second-order valence-electron chi connectivity index (χ2n) is 2.26. The number of hydrogen-bond acceptors (Lipinski definition) is 2. The number of nitriles is 1. The maximum absolute atomic E-state index is 8.65. The van der Waals surface area contributed by atoms with Gasteiger partial charge in [-0.1, -0.05) is 0 Å². The molecule has 0 unspecified atom stereocenters. The summed E-state index contributed by atoms with van der Waals surface area (Å²) in [7, 11) is 0. The molecule has 3 heteroatoms. The first-order valence-electron chi connectivity index (χ1n) is 3.04. The summed E-state index contributed by atoms with van der Waals surface area (Å²) >= 11 is 7.47. The second-order valence-corrected chi connectivity index (χ2v) is 3.53. The SMILES string of the molecule is Cc1cc(S)c(Br)c(C#N)c1. The topological polar surface area (TPSA) is 23.8 Å². The Labute approximate surface area is 79.6 Å². The summed E-state index contributed by atoms with van der Waals surface area (Å²) in [5.74, 6) is 0. The lowest BCUT2D eigenvalue weighted by molar-refractivity contribution is 1.30. The van der Waals surface area contributed by atoms with E-state index in [4.69, 9.17) is 5.26 Å². The van der Waals surface area contributed by atoms with Crippen molar-refractivity contribution in [1.82, 2.24) is 0 Å². The molecule has 0 aromatic heterocycles. The van der Waals surface area contributed by atoms with E-state index in [0.717, 1.165) is 14.9 Å². The first-order valence-corrected chi connectivity index (χ1v) is 4.28. The molecule has 0 radical (unpaired) electrons. The Morgan fingerprint density at radius 1 is 1.55 bits per heavy atom. The second kappa shape index (κ2) is 3.29. The fraction of sp³-hybridized carbons (Fsp3) is 0.125. The van der Waals surface area contributed by atoms with Crippen LogP contribution in [0.3, 0.4) is 0 Å². The Morgan fingerprint density at radius 3 is 2.73 bits per heavy atom. The highest BCUT2D eigenvalue weighted by Gasteiger charge is 2.02. The van der Waals surface area contributed by atoms with Crippen LogP contribution >= 0.6 is 28.6 Å². The lowest BCUT2D eigenvalue weighted by Crippen LogP contribution is -1.81. The minimum Gasteiger partial charge on any atom is -0.192 e. The molecule has 0 bridgehead atoms.